The summed E-state index contributed by atoms with van der Waals surface area (Å²) in [7, 11) is 0. The van der Waals surface area contributed by atoms with Crippen LogP contribution in [0.3, 0.4) is 0 Å². The minimum atomic E-state index is -1.85. The molecule has 2 heterocycles. The molecule has 0 bridgehead atoms. The Morgan fingerprint density at radius 1 is 1.00 bits per heavy atom. The van der Waals surface area contributed by atoms with Gasteiger partial charge < -0.3 is 10.0 Å². The summed E-state index contributed by atoms with van der Waals surface area (Å²) in [4.78, 5) is 31.5. The monoisotopic (exact) mass is 386 g/mol. The number of nitrogens with zero attached hydrogens (tertiary/aromatic N) is 2. The van der Waals surface area contributed by atoms with E-state index < -0.39 is 11.5 Å². The number of fused-ring (bicyclic) bond motifs is 1. The van der Waals surface area contributed by atoms with Crippen molar-refractivity contribution >= 4 is 17.4 Å². The molecular formula is C24H22N2O3. The smallest absolute Gasteiger partial charge is 0.264 e. The van der Waals surface area contributed by atoms with E-state index in [0.29, 0.717) is 23.4 Å². The number of aliphatic hydroxyl groups is 1. The van der Waals surface area contributed by atoms with Gasteiger partial charge in [0.25, 0.3) is 5.91 Å². The highest BCUT2D eigenvalue weighted by molar-refractivity contribution is 6.10. The standard InChI is InChI=1S/C24H22N2O3/c27-22(19-11-6-14-25-17-19)16-24(29)20-12-4-5-13-21(20)26(23(24)28)15-7-10-18-8-2-1-3-9-18/h1-6,8-9,11-14,17,29H,7,10,15-16H2/t24-/m0/s1. The first-order valence-corrected chi connectivity index (χ1v) is 9.70. The minimum Gasteiger partial charge on any atom is -0.375 e. The van der Waals surface area contributed by atoms with E-state index in [1.165, 1.54) is 11.8 Å². The van der Waals surface area contributed by atoms with Gasteiger partial charge in [-0.3, -0.25) is 14.6 Å². The fourth-order valence-corrected chi connectivity index (χ4v) is 3.85. The van der Waals surface area contributed by atoms with Crippen molar-refractivity contribution in [3.05, 3.63) is 95.8 Å². The molecule has 0 spiro atoms. The molecule has 0 aliphatic carbocycles. The maximum atomic E-state index is 13.2. The molecule has 1 amide bonds. The first kappa shape index (κ1) is 19.0. The van der Waals surface area contributed by atoms with Gasteiger partial charge in [0, 0.05) is 30.1 Å². The van der Waals surface area contributed by atoms with Crippen LogP contribution >= 0.6 is 0 Å². The fraction of sp³-hybridized carbons (Fsp3) is 0.208. The molecule has 5 nitrogen and oxygen atoms in total. The average molecular weight is 386 g/mol. The molecule has 0 saturated heterocycles. The minimum absolute atomic E-state index is 0.302. The van der Waals surface area contributed by atoms with Gasteiger partial charge in [0.05, 0.1) is 12.1 Å². The SMILES string of the molecule is O=C(C[C@@]1(O)C(=O)N(CCCc2ccccc2)c2ccccc21)c1cccnc1. The maximum Gasteiger partial charge on any atom is 0.264 e. The third-order valence-corrected chi connectivity index (χ3v) is 5.33. The zero-order valence-corrected chi connectivity index (χ0v) is 16.0. The molecule has 1 N–H and O–H groups in total. The van der Waals surface area contributed by atoms with Gasteiger partial charge in [-0.25, -0.2) is 0 Å². The van der Waals surface area contributed by atoms with Crippen molar-refractivity contribution in [1.82, 2.24) is 4.98 Å². The predicted octanol–water partition coefficient (Wildman–Crippen LogP) is 3.52. The van der Waals surface area contributed by atoms with Crippen molar-refractivity contribution in [3.8, 4) is 0 Å². The molecule has 1 aliphatic rings. The third-order valence-electron chi connectivity index (χ3n) is 5.33. The van der Waals surface area contributed by atoms with E-state index in [-0.39, 0.29) is 12.2 Å². The van der Waals surface area contributed by atoms with Crippen LogP contribution in [0.2, 0.25) is 0 Å². The lowest BCUT2D eigenvalue weighted by Crippen LogP contribution is -2.42. The lowest BCUT2D eigenvalue weighted by Gasteiger charge is -2.22. The summed E-state index contributed by atoms with van der Waals surface area (Å²) in [5.74, 6) is -0.751. The van der Waals surface area contributed by atoms with E-state index in [1.807, 2.05) is 30.3 Å². The highest BCUT2D eigenvalue weighted by atomic mass is 16.3. The number of hydrogen-bond donors (Lipinski definition) is 1. The molecule has 1 atom stereocenters. The van der Waals surface area contributed by atoms with Gasteiger partial charge in [0.1, 0.15) is 0 Å². The Kier molecular flexibility index (Phi) is 5.23. The second-order valence-corrected chi connectivity index (χ2v) is 7.27. The normalized spacial score (nSPS) is 18.0. The molecule has 146 valence electrons. The van der Waals surface area contributed by atoms with Gasteiger partial charge >= 0.3 is 0 Å². The van der Waals surface area contributed by atoms with E-state index in [2.05, 4.69) is 17.1 Å². The molecule has 4 rings (SSSR count). The number of aryl methyl sites for hydroxylation is 1. The van der Waals surface area contributed by atoms with E-state index in [1.54, 1.807) is 35.4 Å². The van der Waals surface area contributed by atoms with Crippen LogP contribution in [0.25, 0.3) is 0 Å². The summed E-state index contributed by atoms with van der Waals surface area (Å²) in [5.41, 5.74) is 0.896. The molecular weight excluding hydrogens is 364 g/mol. The quantitative estimate of drug-likeness (QED) is 0.631. The number of ketones is 1. The Morgan fingerprint density at radius 3 is 2.52 bits per heavy atom. The van der Waals surface area contributed by atoms with Crippen molar-refractivity contribution in [2.75, 3.05) is 11.4 Å². The van der Waals surface area contributed by atoms with Crippen LogP contribution in [0.4, 0.5) is 5.69 Å². The molecule has 29 heavy (non-hydrogen) atoms. The Morgan fingerprint density at radius 2 is 1.76 bits per heavy atom. The number of hydrogen-bond acceptors (Lipinski definition) is 4. The van der Waals surface area contributed by atoms with Crippen LogP contribution in [0.1, 0.15) is 34.3 Å². The van der Waals surface area contributed by atoms with Crippen LogP contribution in [-0.4, -0.2) is 28.3 Å². The van der Waals surface area contributed by atoms with Crippen molar-refractivity contribution in [1.29, 1.82) is 0 Å². The van der Waals surface area contributed by atoms with Crippen molar-refractivity contribution in [2.45, 2.75) is 24.9 Å². The van der Waals surface area contributed by atoms with Gasteiger partial charge in [-0.1, -0.05) is 48.5 Å². The molecule has 0 saturated carbocycles. The topological polar surface area (TPSA) is 70.5 Å². The number of Topliss-reactive ketones (excluding diaryl/α,β-unsaturated/α-hetero) is 1. The molecule has 3 aromatic rings. The molecule has 0 unspecified atom stereocenters. The van der Waals surface area contributed by atoms with Crippen molar-refractivity contribution in [3.63, 3.8) is 0 Å². The first-order valence-electron chi connectivity index (χ1n) is 9.70. The molecule has 0 fully saturated rings. The van der Waals surface area contributed by atoms with Crippen molar-refractivity contribution in [2.24, 2.45) is 0 Å². The van der Waals surface area contributed by atoms with Crippen LogP contribution in [0.15, 0.2) is 79.1 Å². The molecule has 5 heteroatoms. The Balaban J connectivity index is 1.54. The highest BCUT2D eigenvalue weighted by Gasteiger charge is 2.50. The lowest BCUT2D eigenvalue weighted by molar-refractivity contribution is -0.135. The van der Waals surface area contributed by atoms with Crippen molar-refractivity contribution < 1.29 is 14.7 Å². The number of anilines is 1. The largest absolute Gasteiger partial charge is 0.375 e. The van der Waals surface area contributed by atoms with Crippen LogP contribution in [-0.2, 0) is 16.8 Å². The summed E-state index contributed by atoms with van der Waals surface area (Å²) in [5, 5.41) is 11.3. The highest BCUT2D eigenvalue weighted by Crippen LogP contribution is 2.42. The van der Waals surface area contributed by atoms with Crippen LogP contribution < -0.4 is 4.90 Å². The van der Waals surface area contributed by atoms with E-state index in [4.69, 9.17) is 0 Å². The lowest BCUT2D eigenvalue weighted by atomic mass is 9.88. The fourth-order valence-electron chi connectivity index (χ4n) is 3.85. The zero-order valence-electron chi connectivity index (χ0n) is 16.0. The van der Waals surface area contributed by atoms with Gasteiger partial charge in [0.2, 0.25) is 0 Å². The van der Waals surface area contributed by atoms with Gasteiger partial charge in [-0.15, -0.1) is 0 Å². The van der Waals surface area contributed by atoms with Gasteiger partial charge in [-0.2, -0.15) is 0 Å². The van der Waals surface area contributed by atoms with E-state index >= 15 is 0 Å². The summed E-state index contributed by atoms with van der Waals surface area (Å²) in [6.45, 7) is 0.480. The first-order chi connectivity index (χ1) is 14.1. The second kappa shape index (κ2) is 7.97. The third kappa shape index (κ3) is 3.69. The number of carbonyl (C=O) groups is 2. The summed E-state index contributed by atoms with van der Waals surface area (Å²) < 4.78 is 0. The number of benzene rings is 2. The summed E-state index contributed by atoms with van der Waals surface area (Å²) in [6.07, 6.45) is 4.32. The number of carbonyl (C=O) groups excluding carboxylic acids is 2. The maximum absolute atomic E-state index is 13.2. The van der Waals surface area contributed by atoms with Crippen LogP contribution in [0.5, 0.6) is 0 Å². The molecule has 1 aromatic heterocycles. The summed E-state index contributed by atoms with van der Waals surface area (Å²) >= 11 is 0. The second-order valence-electron chi connectivity index (χ2n) is 7.27. The molecule has 1 aliphatic heterocycles. The van der Waals surface area contributed by atoms with Gasteiger partial charge in [-0.05, 0) is 36.6 Å². The molecule has 0 radical (unpaired) electrons. The number of aromatic nitrogens is 1. The Labute approximate surface area is 169 Å². The van der Waals surface area contributed by atoms with Crippen LogP contribution in [0, 0.1) is 0 Å². The van der Waals surface area contributed by atoms with E-state index in [0.717, 1.165) is 12.8 Å². The molecule has 2 aromatic carbocycles. The number of pyridine rings is 1. The Hall–Kier alpha value is -3.31. The number of amides is 1. The zero-order chi connectivity index (χ0) is 20.3. The predicted molar refractivity (Wildman–Crippen MR) is 111 cm³/mol. The number of para-hydroxylation sites is 1. The van der Waals surface area contributed by atoms with Gasteiger partial charge in [0.15, 0.2) is 11.4 Å². The average Bonchev–Trinajstić information content (AvgIpc) is 2.97. The number of rotatable bonds is 7. The Bertz CT molecular complexity index is 1020. The van der Waals surface area contributed by atoms with E-state index in [9.17, 15) is 14.7 Å². The summed E-state index contributed by atoms with van der Waals surface area (Å²) in [6, 6.07) is 20.5.